The first kappa shape index (κ1) is 23.5. The number of hydrogen-bond donors (Lipinski definition) is 1. The van der Waals surface area contributed by atoms with Gasteiger partial charge in [-0.25, -0.2) is 0 Å². The zero-order chi connectivity index (χ0) is 23.7. The lowest BCUT2D eigenvalue weighted by molar-refractivity contribution is -0.119. The molecule has 3 atom stereocenters. The Balaban J connectivity index is 1.53. The quantitative estimate of drug-likeness (QED) is 0.659. The summed E-state index contributed by atoms with van der Waals surface area (Å²) in [7, 11) is 0. The van der Waals surface area contributed by atoms with Gasteiger partial charge in [0.05, 0.1) is 11.3 Å². The Bertz CT molecular complexity index is 1060. The molecule has 0 saturated carbocycles. The number of anilines is 1. The predicted octanol–water partition coefficient (Wildman–Crippen LogP) is 4.11. The van der Waals surface area contributed by atoms with Gasteiger partial charge in [0.1, 0.15) is 11.8 Å². The molecule has 2 saturated heterocycles. The number of nitrogens with zero attached hydrogens (tertiary/aromatic N) is 3. The van der Waals surface area contributed by atoms with Crippen LogP contribution in [0.1, 0.15) is 59.7 Å². The zero-order valence-corrected chi connectivity index (χ0v) is 20.7. The Morgan fingerprint density at radius 1 is 1.12 bits per heavy atom. The summed E-state index contributed by atoms with van der Waals surface area (Å²) in [6, 6.07) is 6.22. The van der Waals surface area contributed by atoms with Crippen LogP contribution in [0.15, 0.2) is 33.3 Å². The number of amides is 3. The maximum atomic E-state index is 13.4. The average molecular weight is 517 g/mol. The van der Waals surface area contributed by atoms with Crippen molar-refractivity contribution in [2.24, 2.45) is 11.8 Å². The van der Waals surface area contributed by atoms with Gasteiger partial charge in [0, 0.05) is 30.2 Å². The molecule has 176 valence electrons. The Labute approximate surface area is 201 Å². The number of aryl methyl sites for hydroxylation is 1. The van der Waals surface area contributed by atoms with Crippen molar-refractivity contribution in [1.29, 1.82) is 0 Å². The molecule has 8 nitrogen and oxygen atoms in total. The molecule has 1 aromatic heterocycles. The lowest BCUT2D eigenvalue weighted by Gasteiger charge is -2.35. The summed E-state index contributed by atoms with van der Waals surface area (Å²) in [5.74, 6) is 0.674. The van der Waals surface area contributed by atoms with Crippen molar-refractivity contribution in [3.63, 3.8) is 0 Å². The van der Waals surface area contributed by atoms with Crippen LogP contribution >= 0.6 is 15.9 Å². The van der Waals surface area contributed by atoms with Gasteiger partial charge >= 0.3 is 0 Å². The van der Waals surface area contributed by atoms with Crippen LogP contribution < -0.4 is 5.32 Å². The molecule has 0 spiro atoms. The fourth-order valence-corrected chi connectivity index (χ4v) is 5.28. The molecule has 2 aliphatic rings. The lowest BCUT2D eigenvalue weighted by atomic mass is 9.91. The fraction of sp³-hybridized carbons (Fsp3) is 0.500. The van der Waals surface area contributed by atoms with Crippen molar-refractivity contribution in [1.82, 2.24) is 15.0 Å². The third-order valence-corrected chi connectivity index (χ3v) is 6.78. The van der Waals surface area contributed by atoms with E-state index in [1.165, 1.54) is 4.90 Å². The first-order valence-electron chi connectivity index (χ1n) is 11.4. The smallest absolute Gasteiger partial charge is 0.276 e. The van der Waals surface area contributed by atoms with Gasteiger partial charge in [0.2, 0.25) is 5.91 Å². The number of rotatable bonds is 4. The summed E-state index contributed by atoms with van der Waals surface area (Å²) in [6.07, 6.45) is 2.37. The number of halogens is 1. The largest absolute Gasteiger partial charge is 0.361 e. The number of hydrogen-bond acceptors (Lipinski definition) is 5. The molecule has 0 radical (unpaired) electrons. The van der Waals surface area contributed by atoms with E-state index in [1.807, 2.05) is 4.90 Å². The standard InChI is InChI=1S/C24H29BrN4O4/c1-14-9-15(2)13-28(12-14)23(31)18-11-17(25)6-7-19(18)26-22(30)21-5-4-8-29(21)24(32)20-10-16(3)33-27-20/h6-7,10-11,14-15,21H,4-5,8-9,12-13H2,1-3H3,(H,26,30)/t14-,15+,21-/m0/s1. The molecule has 2 fully saturated rings. The van der Waals surface area contributed by atoms with E-state index in [2.05, 4.69) is 40.3 Å². The van der Waals surface area contributed by atoms with Crippen LogP contribution in [-0.4, -0.2) is 58.4 Å². The van der Waals surface area contributed by atoms with E-state index in [4.69, 9.17) is 4.52 Å². The summed E-state index contributed by atoms with van der Waals surface area (Å²) in [4.78, 5) is 42.9. The van der Waals surface area contributed by atoms with Gasteiger partial charge in [0.15, 0.2) is 5.69 Å². The Kier molecular flexibility index (Phi) is 6.88. The zero-order valence-electron chi connectivity index (χ0n) is 19.1. The van der Waals surface area contributed by atoms with Gasteiger partial charge in [-0.15, -0.1) is 0 Å². The molecule has 2 aromatic rings. The molecule has 1 aromatic carbocycles. The number of piperidine rings is 1. The Morgan fingerprint density at radius 3 is 2.52 bits per heavy atom. The third kappa shape index (κ3) is 5.13. The van der Waals surface area contributed by atoms with E-state index in [-0.39, 0.29) is 23.4 Å². The number of carbonyl (C=O) groups is 3. The van der Waals surface area contributed by atoms with Gasteiger partial charge < -0.3 is 19.6 Å². The number of likely N-dealkylation sites (tertiary alicyclic amines) is 2. The van der Waals surface area contributed by atoms with E-state index < -0.39 is 6.04 Å². The lowest BCUT2D eigenvalue weighted by Crippen LogP contribution is -2.44. The highest BCUT2D eigenvalue weighted by Crippen LogP contribution is 2.28. The average Bonchev–Trinajstić information content (AvgIpc) is 3.42. The summed E-state index contributed by atoms with van der Waals surface area (Å²) >= 11 is 3.45. The van der Waals surface area contributed by atoms with Crippen LogP contribution in [0.4, 0.5) is 5.69 Å². The van der Waals surface area contributed by atoms with E-state index in [0.717, 1.165) is 17.3 Å². The Morgan fingerprint density at radius 2 is 1.85 bits per heavy atom. The molecule has 3 amide bonds. The summed E-state index contributed by atoms with van der Waals surface area (Å²) in [5, 5.41) is 6.71. The molecular formula is C24H29BrN4O4. The van der Waals surface area contributed by atoms with Crippen LogP contribution in [0.2, 0.25) is 0 Å². The van der Waals surface area contributed by atoms with Crippen molar-refractivity contribution < 1.29 is 18.9 Å². The van der Waals surface area contributed by atoms with Gasteiger partial charge in [0.25, 0.3) is 11.8 Å². The van der Waals surface area contributed by atoms with E-state index in [1.54, 1.807) is 31.2 Å². The molecule has 1 N–H and O–H groups in total. The third-order valence-electron chi connectivity index (χ3n) is 6.29. The van der Waals surface area contributed by atoms with Gasteiger partial charge in [-0.3, -0.25) is 14.4 Å². The minimum absolute atomic E-state index is 0.0950. The van der Waals surface area contributed by atoms with Crippen LogP contribution in [-0.2, 0) is 4.79 Å². The van der Waals surface area contributed by atoms with Crippen molar-refractivity contribution >= 4 is 39.3 Å². The molecule has 33 heavy (non-hydrogen) atoms. The predicted molar refractivity (Wildman–Crippen MR) is 127 cm³/mol. The molecule has 2 aliphatic heterocycles. The first-order valence-corrected chi connectivity index (χ1v) is 12.2. The molecular weight excluding hydrogens is 488 g/mol. The maximum Gasteiger partial charge on any atom is 0.276 e. The maximum absolute atomic E-state index is 13.4. The summed E-state index contributed by atoms with van der Waals surface area (Å²) in [5.41, 5.74) is 1.10. The molecule has 0 bridgehead atoms. The number of carbonyl (C=O) groups excluding carboxylic acids is 3. The summed E-state index contributed by atoms with van der Waals surface area (Å²) in [6.45, 7) is 7.89. The highest BCUT2D eigenvalue weighted by Gasteiger charge is 2.36. The van der Waals surface area contributed by atoms with Crippen molar-refractivity contribution in [2.75, 3.05) is 25.0 Å². The van der Waals surface area contributed by atoms with E-state index >= 15 is 0 Å². The van der Waals surface area contributed by atoms with Gasteiger partial charge in [-0.05, 0) is 56.2 Å². The highest BCUT2D eigenvalue weighted by atomic mass is 79.9. The number of benzene rings is 1. The second-order valence-electron chi connectivity index (χ2n) is 9.31. The van der Waals surface area contributed by atoms with Gasteiger partial charge in [-0.1, -0.05) is 34.9 Å². The minimum atomic E-state index is -0.629. The topological polar surface area (TPSA) is 95.8 Å². The van der Waals surface area contributed by atoms with Crippen LogP contribution in [0.3, 0.4) is 0 Å². The van der Waals surface area contributed by atoms with Crippen LogP contribution in [0.25, 0.3) is 0 Å². The normalized spacial score (nSPS) is 23.0. The highest BCUT2D eigenvalue weighted by molar-refractivity contribution is 9.10. The van der Waals surface area contributed by atoms with Crippen molar-refractivity contribution in [3.8, 4) is 0 Å². The Hall–Kier alpha value is -2.68. The van der Waals surface area contributed by atoms with Crippen LogP contribution in [0.5, 0.6) is 0 Å². The SMILES string of the molecule is Cc1cc(C(=O)N2CCC[C@H]2C(=O)Nc2ccc(Br)cc2C(=O)N2C[C@H](C)C[C@H](C)C2)no1. The molecule has 0 unspecified atom stereocenters. The first-order chi connectivity index (χ1) is 15.7. The number of aromatic nitrogens is 1. The number of nitrogens with one attached hydrogen (secondary N) is 1. The monoisotopic (exact) mass is 516 g/mol. The second kappa shape index (κ2) is 9.67. The molecule has 4 rings (SSSR count). The summed E-state index contributed by atoms with van der Waals surface area (Å²) < 4.78 is 5.78. The second-order valence-corrected chi connectivity index (χ2v) is 10.2. The minimum Gasteiger partial charge on any atom is -0.361 e. The molecule has 9 heteroatoms. The van der Waals surface area contributed by atoms with Crippen molar-refractivity contribution in [3.05, 3.63) is 45.8 Å². The van der Waals surface area contributed by atoms with Crippen LogP contribution in [0, 0.1) is 18.8 Å². The van der Waals surface area contributed by atoms with E-state index in [0.29, 0.717) is 54.9 Å². The molecule has 3 heterocycles. The molecule has 0 aliphatic carbocycles. The van der Waals surface area contributed by atoms with E-state index in [9.17, 15) is 14.4 Å². The van der Waals surface area contributed by atoms with Crippen molar-refractivity contribution in [2.45, 2.75) is 46.1 Å². The van der Waals surface area contributed by atoms with Gasteiger partial charge in [-0.2, -0.15) is 0 Å². The fourth-order valence-electron chi connectivity index (χ4n) is 4.91.